The van der Waals surface area contributed by atoms with Gasteiger partial charge >= 0.3 is 0 Å². The molecule has 0 aromatic rings. The summed E-state index contributed by atoms with van der Waals surface area (Å²) in [5, 5.41) is 0. The van der Waals surface area contributed by atoms with E-state index >= 15 is 0 Å². The highest BCUT2D eigenvalue weighted by molar-refractivity contribution is 7.80. The number of rotatable bonds is 1. The SMILES string of the molecule is O=S([O-])C12CCC(CC1)CC2. The fraction of sp³-hybridized carbons (Fsp3) is 1.00. The first-order valence-corrected chi connectivity index (χ1v) is 5.40. The van der Waals surface area contributed by atoms with E-state index in [1.165, 1.54) is 0 Å². The minimum Gasteiger partial charge on any atom is -0.772 e. The molecule has 3 aliphatic carbocycles. The lowest BCUT2D eigenvalue weighted by Gasteiger charge is -2.47. The zero-order valence-corrected chi connectivity index (χ0v) is 7.36. The van der Waals surface area contributed by atoms with Crippen molar-refractivity contribution in [3.8, 4) is 0 Å². The third-order valence-electron chi connectivity index (χ3n) is 3.38. The summed E-state index contributed by atoms with van der Waals surface area (Å²) < 4.78 is 21.6. The summed E-state index contributed by atoms with van der Waals surface area (Å²) in [6.45, 7) is 0. The molecule has 0 saturated heterocycles. The molecule has 2 bridgehead atoms. The molecule has 1 unspecified atom stereocenters. The molecule has 3 rings (SSSR count). The molecule has 0 amide bonds. The van der Waals surface area contributed by atoms with Crippen LogP contribution in [0.15, 0.2) is 0 Å². The monoisotopic (exact) mass is 173 g/mol. The zero-order valence-electron chi connectivity index (χ0n) is 6.54. The van der Waals surface area contributed by atoms with Gasteiger partial charge in [-0.1, -0.05) is 0 Å². The number of fused-ring (bicyclic) bond motifs is 3. The molecular formula is C8H13O2S-. The van der Waals surface area contributed by atoms with Crippen LogP contribution in [-0.2, 0) is 11.1 Å². The van der Waals surface area contributed by atoms with Crippen LogP contribution in [0, 0.1) is 5.92 Å². The summed E-state index contributed by atoms with van der Waals surface area (Å²) in [6, 6.07) is 0. The highest BCUT2D eigenvalue weighted by atomic mass is 32.2. The van der Waals surface area contributed by atoms with E-state index in [1.807, 2.05) is 0 Å². The summed E-state index contributed by atoms with van der Waals surface area (Å²) >= 11 is -1.82. The topological polar surface area (TPSA) is 40.1 Å². The van der Waals surface area contributed by atoms with Crippen LogP contribution in [0.2, 0.25) is 0 Å². The van der Waals surface area contributed by atoms with Crippen LogP contribution in [0.1, 0.15) is 38.5 Å². The maximum Gasteiger partial charge on any atom is 0.0328 e. The van der Waals surface area contributed by atoms with Crippen molar-refractivity contribution in [2.75, 3.05) is 0 Å². The molecule has 3 fully saturated rings. The lowest BCUT2D eigenvalue weighted by Crippen LogP contribution is -2.43. The van der Waals surface area contributed by atoms with Gasteiger partial charge in [-0.15, -0.1) is 0 Å². The Balaban J connectivity index is 2.18. The molecule has 11 heavy (non-hydrogen) atoms. The molecule has 3 saturated carbocycles. The van der Waals surface area contributed by atoms with E-state index in [0.717, 1.165) is 44.4 Å². The van der Waals surface area contributed by atoms with E-state index in [4.69, 9.17) is 0 Å². The van der Waals surface area contributed by atoms with Crippen molar-refractivity contribution >= 4 is 11.1 Å². The van der Waals surface area contributed by atoms with E-state index < -0.39 is 11.1 Å². The van der Waals surface area contributed by atoms with Crippen molar-refractivity contribution in [1.29, 1.82) is 0 Å². The Bertz CT molecular complexity index is 169. The van der Waals surface area contributed by atoms with E-state index in [-0.39, 0.29) is 4.75 Å². The highest BCUT2D eigenvalue weighted by Crippen LogP contribution is 2.46. The average Bonchev–Trinajstić information content (AvgIpc) is 2.08. The molecule has 3 aliphatic rings. The predicted octanol–water partition coefficient (Wildman–Crippen LogP) is 1.59. The first-order valence-electron chi connectivity index (χ1n) is 4.32. The summed E-state index contributed by atoms with van der Waals surface area (Å²) in [7, 11) is 0. The van der Waals surface area contributed by atoms with Crippen molar-refractivity contribution in [2.45, 2.75) is 43.3 Å². The summed E-state index contributed by atoms with van der Waals surface area (Å²) in [4.78, 5) is 0. The Labute approximate surface area is 69.7 Å². The Morgan fingerprint density at radius 2 is 1.64 bits per heavy atom. The molecule has 0 spiro atoms. The number of hydrogen-bond acceptors (Lipinski definition) is 2. The van der Waals surface area contributed by atoms with Gasteiger partial charge in [-0.3, -0.25) is 4.21 Å². The smallest absolute Gasteiger partial charge is 0.0328 e. The molecule has 1 atom stereocenters. The molecule has 0 aromatic carbocycles. The third-order valence-corrected chi connectivity index (χ3v) is 4.70. The van der Waals surface area contributed by atoms with Gasteiger partial charge in [0.05, 0.1) is 0 Å². The molecule has 0 radical (unpaired) electrons. The van der Waals surface area contributed by atoms with Gasteiger partial charge in [0.1, 0.15) is 0 Å². The van der Waals surface area contributed by atoms with Gasteiger partial charge in [-0.05, 0) is 55.5 Å². The molecule has 3 heteroatoms. The molecular weight excluding hydrogens is 160 g/mol. The molecule has 0 heterocycles. The average molecular weight is 173 g/mol. The first-order chi connectivity index (χ1) is 5.23. The van der Waals surface area contributed by atoms with Gasteiger partial charge in [-0.2, -0.15) is 0 Å². The maximum absolute atomic E-state index is 10.9. The third kappa shape index (κ3) is 1.14. The van der Waals surface area contributed by atoms with Crippen molar-refractivity contribution in [3.05, 3.63) is 0 Å². The van der Waals surface area contributed by atoms with E-state index in [2.05, 4.69) is 0 Å². The first kappa shape index (κ1) is 7.74. The molecule has 0 N–H and O–H groups in total. The minimum absolute atomic E-state index is 0.297. The van der Waals surface area contributed by atoms with E-state index in [1.54, 1.807) is 0 Å². The van der Waals surface area contributed by atoms with Crippen molar-refractivity contribution < 1.29 is 8.76 Å². The Morgan fingerprint density at radius 1 is 1.18 bits per heavy atom. The Hall–Kier alpha value is 0.110. The lowest BCUT2D eigenvalue weighted by atomic mass is 9.70. The zero-order chi connectivity index (χ0) is 7.90. The maximum atomic E-state index is 10.9. The second kappa shape index (κ2) is 2.56. The van der Waals surface area contributed by atoms with Gasteiger partial charge in [0.15, 0.2) is 0 Å². The van der Waals surface area contributed by atoms with Gasteiger partial charge in [0.2, 0.25) is 0 Å². The van der Waals surface area contributed by atoms with Gasteiger partial charge < -0.3 is 4.55 Å². The van der Waals surface area contributed by atoms with Crippen LogP contribution in [0.3, 0.4) is 0 Å². The largest absolute Gasteiger partial charge is 0.772 e. The van der Waals surface area contributed by atoms with Crippen molar-refractivity contribution in [1.82, 2.24) is 0 Å². The summed E-state index contributed by atoms with van der Waals surface area (Å²) in [6.07, 6.45) is 6.21. The van der Waals surface area contributed by atoms with Gasteiger partial charge in [-0.25, -0.2) is 0 Å². The Morgan fingerprint density at radius 3 is 1.91 bits per heavy atom. The second-order valence-electron chi connectivity index (χ2n) is 3.90. The minimum atomic E-state index is -1.82. The number of hydrogen-bond donors (Lipinski definition) is 0. The second-order valence-corrected chi connectivity index (χ2v) is 5.24. The van der Waals surface area contributed by atoms with E-state index in [9.17, 15) is 8.76 Å². The van der Waals surface area contributed by atoms with Crippen LogP contribution >= 0.6 is 0 Å². The van der Waals surface area contributed by atoms with Gasteiger partial charge in [0, 0.05) is 4.75 Å². The Kier molecular flexibility index (Phi) is 1.80. The van der Waals surface area contributed by atoms with Crippen LogP contribution < -0.4 is 0 Å². The molecule has 64 valence electrons. The van der Waals surface area contributed by atoms with Crippen molar-refractivity contribution in [2.24, 2.45) is 5.92 Å². The predicted molar refractivity (Wildman–Crippen MR) is 42.8 cm³/mol. The van der Waals surface area contributed by atoms with Gasteiger partial charge in [0.25, 0.3) is 0 Å². The molecule has 0 aliphatic heterocycles. The molecule has 0 aromatic heterocycles. The van der Waals surface area contributed by atoms with E-state index in [0.29, 0.717) is 0 Å². The van der Waals surface area contributed by atoms with Crippen LogP contribution in [0.4, 0.5) is 0 Å². The summed E-state index contributed by atoms with van der Waals surface area (Å²) in [5.41, 5.74) is 0. The quantitative estimate of drug-likeness (QED) is 0.565. The lowest BCUT2D eigenvalue weighted by molar-refractivity contribution is 0.191. The highest BCUT2D eigenvalue weighted by Gasteiger charge is 2.41. The fourth-order valence-corrected chi connectivity index (χ4v) is 3.31. The summed E-state index contributed by atoms with van der Waals surface area (Å²) in [5.74, 6) is 0.848. The van der Waals surface area contributed by atoms with Crippen LogP contribution in [0.25, 0.3) is 0 Å². The molecule has 2 nitrogen and oxygen atoms in total. The normalized spacial score (nSPS) is 45.7. The standard InChI is InChI=1S/C8H14O2S/c9-11(10)8-4-1-7(2-5-8)3-6-8/h7H,1-6H2,(H,9,10)/p-1. The van der Waals surface area contributed by atoms with Crippen LogP contribution in [0.5, 0.6) is 0 Å². The van der Waals surface area contributed by atoms with Crippen molar-refractivity contribution in [3.63, 3.8) is 0 Å². The fourth-order valence-electron chi connectivity index (χ4n) is 2.46. The van der Waals surface area contributed by atoms with Crippen LogP contribution in [-0.4, -0.2) is 13.5 Å².